The zero-order valence-electron chi connectivity index (χ0n) is 16.8. The van der Waals surface area contributed by atoms with Gasteiger partial charge in [-0.15, -0.1) is 0 Å². The summed E-state index contributed by atoms with van der Waals surface area (Å²) in [6.45, 7) is 1.62. The molecule has 0 atom stereocenters. The molecule has 0 aromatic heterocycles. The molecule has 0 aliphatic carbocycles. The lowest BCUT2D eigenvalue weighted by Gasteiger charge is -2.16. The molecule has 0 spiro atoms. The molecule has 4 rings (SSSR count). The van der Waals surface area contributed by atoms with Gasteiger partial charge in [0.05, 0.1) is 4.92 Å². The molecular weight excluding hydrogens is 376 g/mol. The van der Waals surface area contributed by atoms with E-state index >= 15 is 0 Å². The summed E-state index contributed by atoms with van der Waals surface area (Å²) in [7, 11) is 0. The number of aryl methyl sites for hydroxylation is 2. The monoisotopic (exact) mass is 400 g/mol. The van der Waals surface area contributed by atoms with Gasteiger partial charge in [0, 0.05) is 30.3 Å². The molecule has 30 heavy (non-hydrogen) atoms. The number of nitro benzene ring substituents is 1. The van der Waals surface area contributed by atoms with Crippen molar-refractivity contribution in [2.45, 2.75) is 25.7 Å². The topological polar surface area (TPSA) is 63.4 Å². The van der Waals surface area contributed by atoms with Gasteiger partial charge in [-0.05, 0) is 66.6 Å². The van der Waals surface area contributed by atoms with Crippen molar-refractivity contribution in [3.8, 4) is 11.1 Å². The highest BCUT2D eigenvalue weighted by Crippen LogP contribution is 2.29. The summed E-state index contributed by atoms with van der Waals surface area (Å²) in [5.74, 6) is 0.0561. The van der Waals surface area contributed by atoms with E-state index < -0.39 is 0 Å². The Balaban J connectivity index is 1.61. The van der Waals surface area contributed by atoms with Crippen LogP contribution in [0.4, 0.5) is 5.69 Å². The minimum absolute atomic E-state index is 0.0561. The van der Waals surface area contributed by atoms with Crippen LogP contribution in [-0.4, -0.2) is 28.8 Å². The first-order valence-electron chi connectivity index (χ1n) is 10.3. The second-order valence-corrected chi connectivity index (χ2v) is 7.67. The van der Waals surface area contributed by atoms with E-state index in [2.05, 4.69) is 0 Å². The largest absolute Gasteiger partial charge is 0.339 e. The maximum atomic E-state index is 12.7. The normalized spacial score (nSPS) is 13.4. The summed E-state index contributed by atoms with van der Waals surface area (Å²) in [6.07, 6.45) is 3.43. The van der Waals surface area contributed by atoms with Gasteiger partial charge in [-0.3, -0.25) is 14.9 Å². The number of benzene rings is 3. The molecule has 1 aliphatic rings. The Morgan fingerprint density at radius 3 is 2.33 bits per heavy atom. The second kappa shape index (κ2) is 8.91. The molecule has 0 radical (unpaired) electrons. The highest BCUT2D eigenvalue weighted by molar-refractivity contribution is 5.95. The molecule has 1 heterocycles. The third kappa shape index (κ3) is 4.40. The number of rotatable bonds is 6. The highest BCUT2D eigenvalue weighted by atomic mass is 16.6. The number of hydrogen-bond donors (Lipinski definition) is 0. The summed E-state index contributed by atoms with van der Waals surface area (Å²) in [5.41, 5.74) is 4.45. The van der Waals surface area contributed by atoms with E-state index in [1.807, 2.05) is 65.6 Å². The van der Waals surface area contributed by atoms with Crippen molar-refractivity contribution >= 4 is 11.6 Å². The fraction of sp³-hybridized carbons (Fsp3) is 0.240. The smallest absolute Gasteiger partial charge is 0.272 e. The summed E-state index contributed by atoms with van der Waals surface area (Å²) < 4.78 is 0. The van der Waals surface area contributed by atoms with Crippen molar-refractivity contribution in [3.05, 3.63) is 99.6 Å². The van der Waals surface area contributed by atoms with Gasteiger partial charge >= 0.3 is 0 Å². The van der Waals surface area contributed by atoms with Crippen LogP contribution in [0.2, 0.25) is 0 Å². The Morgan fingerprint density at radius 2 is 1.60 bits per heavy atom. The fourth-order valence-electron chi connectivity index (χ4n) is 4.00. The van der Waals surface area contributed by atoms with Gasteiger partial charge in [0.1, 0.15) is 0 Å². The number of carbonyl (C=O) groups is 1. The average molecular weight is 400 g/mol. The quantitative estimate of drug-likeness (QED) is 0.417. The van der Waals surface area contributed by atoms with Crippen molar-refractivity contribution in [1.29, 1.82) is 0 Å². The molecule has 0 bridgehead atoms. The van der Waals surface area contributed by atoms with Crippen LogP contribution in [0, 0.1) is 10.1 Å². The Bertz CT molecular complexity index is 1060. The maximum Gasteiger partial charge on any atom is 0.272 e. The van der Waals surface area contributed by atoms with Crippen LogP contribution in [-0.2, 0) is 12.8 Å². The van der Waals surface area contributed by atoms with Gasteiger partial charge in [0.2, 0.25) is 0 Å². The molecule has 0 N–H and O–H groups in total. The van der Waals surface area contributed by atoms with Crippen LogP contribution in [0.1, 0.15) is 34.3 Å². The van der Waals surface area contributed by atoms with Crippen LogP contribution in [0.3, 0.4) is 0 Å². The third-order valence-electron chi connectivity index (χ3n) is 5.64. The zero-order valence-corrected chi connectivity index (χ0v) is 16.8. The number of amides is 1. The molecule has 152 valence electrons. The molecule has 5 heteroatoms. The molecule has 3 aromatic carbocycles. The van der Waals surface area contributed by atoms with Gasteiger partial charge in [0.15, 0.2) is 0 Å². The standard InChI is InChI=1S/C25H24N2O3/c28-25(26-15-4-5-16-26)23-10-6-9-20(18-23)21-13-14-24(27(29)30)22(17-21)12-11-19-7-2-1-3-8-19/h1-3,6-10,13-14,17-18H,4-5,11-12,15-16H2. The zero-order chi connectivity index (χ0) is 20.9. The van der Waals surface area contributed by atoms with Crippen LogP contribution in [0.25, 0.3) is 11.1 Å². The van der Waals surface area contributed by atoms with E-state index in [4.69, 9.17) is 0 Å². The molecular formula is C25H24N2O3. The number of carbonyl (C=O) groups excluding carboxylic acids is 1. The van der Waals surface area contributed by atoms with Gasteiger partial charge in [-0.1, -0.05) is 42.5 Å². The van der Waals surface area contributed by atoms with Crippen LogP contribution >= 0.6 is 0 Å². The molecule has 1 fully saturated rings. The van der Waals surface area contributed by atoms with E-state index in [1.165, 1.54) is 0 Å². The van der Waals surface area contributed by atoms with Crippen LogP contribution < -0.4 is 0 Å². The van der Waals surface area contributed by atoms with E-state index in [0.29, 0.717) is 17.5 Å². The van der Waals surface area contributed by atoms with E-state index in [-0.39, 0.29) is 16.5 Å². The molecule has 0 unspecified atom stereocenters. The van der Waals surface area contributed by atoms with Gasteiger partial charge in [-0.2, -0.15) is 0 Å². The molecule has 0 saturated carbocycles. The predicted molar refractivity (Wildman–Crippen MR) is 118 cm³/mol. The lowest BCUT2D eigenvalue weighted by Crippen LogP contribution is -2.27. The lowest BCUT2D eigenvalue weighted by molar-refractivity contribution is -0.385. The van der Waals surface area contributed by atoms with E-state index in [1.54, 1.807) is 12.1 Å². The van der Waals surface area contributed by atoms with Gasteiger partial charge in [0.25, 0.3) is 11.6 Å². The molecule has 1 amide bonds. The maximum absolute atomic E-state index is 12.7. The Morgan fingerprint density at radius 1 is 0.867 bits per heavy atom. The Labute approximate surface area is 176 Å². The first kappa shape index (κ1) is 19.8. The third-order valence-corrected chi connectivity index (χ3v) is 5.64. The van der Waals surface area contributed by atoms with Crippen molar-refractivity contribution in [1.82, 2.24) is 4.90 Å². The lowest BCUT2D eigenvalue weighted by atomic mass is 9.96. The fourth-order valence-corrected chi connectivity index (χ4v) is 4.00. The number of hydrogen-bond acceptors (Lipinski definition) is 3. The molecule has 1 saturated heterocycles. The first-order valence-corrected chi connectivity index (χ1v) is 10.3. The second-order valence-electron chi connectivity index (χ2n) is 7.67. The molecule has 1 aliphatic heterocycles. The predicted octanol–water partition coefficient (Wildman–Crippen LogP) is 5.28. The number of nitro groups is 1. The summed E-state index contributed by atoms with van der Waals surface area (Å²) in [6, 6.07) is 22.8. The highest BCUT2D eigenvalue weighted by Gasteiger charge is 2.20. The van der Waals surface area contributed by atoms with Crippen molar-refractivity contribution < 1.29 is 9.72 Å². The first-order chi connectivity index (χ1) is 14.6. The van der Waals surface area contributed by atoms with Crippen molar-refractivity contribution in [2.24, 2.45) is 0 Å². The van der Waals surface area contributed by atoms with Crippen molar-refractivity contribution in [3.63, 3.8) is 0 Å². The van der Waals surface area contributed by atoms with Crippen LogP contribution in [0.5, 0.6) is 0 Å². The van der Waals surface area contributed by atoms with E-state index in [9.17, 15) is 14.9 Å². The minimum Gasteiger partial charge on any atom is -0.339 e. The van der Waals surface area contributed by atoms with Gasteiger partial charge < -0.3 is 4.90 Å². The molecule has 3 aromatic rings. The van der Waals surface area contributed by atoms with E-state index in [0.717, 1.165) is 49.0 Å². The van der Waals surface area contributed by atoms with Crippen LogP contribution in [0.15, 0.2) is 72.8 Å². The molecule has 5 nitrogen and oxygen atoms in total. The minimum atomic E-state index is -0.322. The Kier molecular flexibility index (Phi) is 5.89. The average Bonchev–Trinajstić information content (AvgIpc) is 3.32. The summed E-state index contributed by atoms with van der Waals surface area (Å²) >= 11 is 0. The number of nitrogens with zero attached hydrogens (tertiary/aromatic N) is 2. The Hall–Kier alpha value is -3.47. The van der Waals surface area contributed by atoms with Crippen molar-refractivity contribution in [2.75, 3.05) is 13.1 Å². The van der Waals surface area contributed by atoms with Gasteiger partial charge in [-0.25, -0.2) is 0 Å². The number of likely N-dealkylation sites (tertiary alicyclic amines) is 1. The summed E-state index contributed by atoms with van der Waals surface area (Å²) in [4.78, 5) is 25.8. The summed E-state index contributed by atoms with van der Waals surface area (Å²) in [5, 5.41) is 11.5. The SMILES string of the molecule is O=C(c1cccc(-c2ccc([N+](=O)[O-])c(CCc3ccccc3)c2)c1)N1CCCC1.